The number of allylic oxidation sites excluding steroid dienone is 2. The SMILES string of the molecule is CC(C)(C)Cc1c2c([c-]c3ccccc13)-c1nccc3c1c(cc1c(CC(C)(C)C)cccc13)C2.CCC(CC)C(=O)/C=C(\O)C(C)(CC)CC.Cc1ccc2c(CC(C)(C)C)c3c([c-]c2c1)-c1nccc2c1c(cc1c(CC(C)(C)C)cccc12)C3.[Ir]. The molecule has 0 spiro atoms. The summed E-state index contributed by atoms with van der Waals surface area (Å²) in [6.07, 6.45) is 14.9. The second kappa shape index (κ2) is 25.4. The predicted octanol–water partition coefficient (Wildman–Crippen LogP) is 22.7. The fourth-order valence-corrected chi connectivity index (χ4v) is 14.0. The van der Waals surface area contributed by atoms with E-state index in [0.717, 1.165) is 75.6 Å². The zero-order chi connectivity index (χ0) is 62.7. The minimum absolute atomic E-state index is 0. The van der Waals surface area contributed by atoms with Crippen molar-refractivity contribution >= 4 is 70.4 Å². The van der Waals surface area contributed by atoms with Crippen molar-refractivity contribution in [1.82, 2.24) is 9.97 Å². The van der Waals surface area contributed by atoms with Gasteiger partial charge in [0.2, 0.25) is 0 Å². The van der Waals surface area contributed by atoms with Gasteiger partial charge in [-0.25, -0.2) is 0 Å². The summed E-state index contributed by atoms with van der Waals surface area (Å²) in [5.41, 5.74) is 18.0. The third-order valence-electron chi connectivity index (χ3n) is 18.7. The van der Waals surface area contributed by atoms with Gasteiger partial charge in [-0.2, -0.15) is 0 Å². The Morgan fingerprint density at radius 3 is 1.39 bits per heavy atom. The van der Waals surface area contributed by atoms with Crippen LogP contribution in [0, 0.1) is 52.0 Å². The summed E-state index contributed by atoms with van der Waals surface area (Å²) < 4.78 is 0. The number of ketones is 1. The second-order valence-corrected chi connectivity index (χ2v) is 30.8. The first-order chi connectivity index (χ1) is 41.0. The first-order valence-corrected chi connectivity index (χ1v) is 32.6. The molecular formula is C83H96IrN2O2-2. The molecule has 2 aliphatic carbocycles. The smallest absolute Gasteiger partial charge is 0.162 e. The molecular weight excluding hydrogens is 1250 g/mol. The van der Waals surface area contributed by atoms with Gasteiger partial charge in [0.05, 0.1) is 0 Å². The Morgan fingerprint density at radius 1 is 0.511 bits per heavy atom. The normalized spacial score (nSPS) is 13.3. The van der Waals surface area contributed by atoms with E-state index in [9.17, 15) is 9.90 Å². The number of hydrogen-bond acceptors (Lipinski definition) is 4. The second-order valence-electron chi connectivity index (χ2n) is 30.8. The van der Waals surface area contributed by atoms with Crippen LogP contribution in [0.4, 0.5) is 0 Å². The molecule has 0 bridgehead atoms. The molecule has 0 unspecified atom stereocenters. The number of rotatable bonds is 11. The molecule has 0 saturated carbocycles. The molecule has 1 N–H and O–H groups in total. The Morgan fingerprint density at radius 2 is 0.943 bits per heavy atom. The molecule has 4 nitrogen and oxygen atoms in total. The first-order valence-electron chi connectivity index (χ1n) is 32.6. The van der Waals surface area contributed by atoms with Crippen LogP contribution in [0.1, 0.15) is 193 Å². The summed E-state index contributed by atoms with van der Waals surface area (Å²) in [6, 6.07) is 46.3. The minimum Gasteiger partial charge on any atom is -0.512 e. The van der Waals surface area contributed by atoms with E-state index in [1.807, 2.05) is 47.0 Å². The fourth-order valence-electron chi connectivity index (χ4n) is 14.0. The van der Waals surface area contributed by atoms with Crippen molar-refractivity contribution < 1.29 is 30.0 Å². The molecule has 10 aromatic rings. The van der Waals surface area contributed by atoms with E-state index < -0.39 is 0 Å². The van der Waals surface area contributed by atoms with Crippen molar-refractivity contribution in [3.8, 4) is 22.5 Å². The van der Waals surface area contributed by atoms with Crippen LogP contribution in [0.2, 0.25) is 0 Å². The fraction of sp³-hybridized carbons (Fsp3) is 0.410. The number of benzene rings is 8. The van der Waals surface area contributed by atoms with Gasteiger partial charge in [0.1, 0.15) is 5.76 Å². The number of aromatic nitrogens is 2. The molecule has 0 amide bonds. The molecule has 0 atom stereocenters. The number of aliphatic hydroxyl groups excluding tert-OH is 1. The van der Waals surface area contributed by atoms with Gasteiger partial charge in [0, 0.05) is 61.3 Å². The molecule has 8 aromatic carbocycles. The zero-order valence-corrected chi connectivity index (χ0v) is 58.7. The maximum atomic E-state index is 11.9. The molecule has 2 aliphatic rings. The van der Waals surface area contributed by atoms with E-state index in [-0.39, 0.29) is 64.6 Å². The average molecular weight is 1350 g/mol. The zero-order valence-electron chi connectivity index (χ0n) is 56.3. The minimum atomic E-state index is -0.248. The summed E-state index contributed by atoms with van der Waals surface area (Å²) in [6.45, 7) is 40.3. The van der Waals surface area contributed by atoms with Gasteiger partial charge in [0.15, 0.2) is 5.78 Å². The Balaban J connectivity index is 0.000000168. The number of nitrogens with zero attached hydrogens (tertiary/aromatic N) is 2. The molecule has 88 heavy (non-hydrogen) atoms. The van der Waals surface area contributed by atoms with E-state index in [2.05, 4.69) is 205 Å². The largest absolute Gasteiger partial charge is 0.512 e. The van der Waals surface area contributed by atoms with Crippen molar-refractivity contribution in [3.05, 3.63) is 190 Å². The van der Waals surface area contributed by atoms with E-state index in [1.165, 1.54) is 132 Å². The number of carbonyl (C=O) groups excluding carboxylic acids is 1. The Hall–Kier alpha value is -6.52. The van der Waals surface area contributed by atoms with Gasteiger partial charge in [-0.15, -0.1) is 57.3 Å². The van der Waals surface area contributed by atoms with Crippen molar-refractivity contribution in [2.75, 3.05) is 0 Å². The summed E-state index contributed by atoms with van der Waals surface area (Å²) in [7, 11) is 0. The molecule has 2 aromatic heterocycles. The Labute approximate surface area is 540 Å². The van der Waals surface area contributed by atoms with Crippen molar-refractivity contribution in [3.63, 3.8) is 0 Å². The molecule has 5 heteroatoms. The molecule has 12 rings (SSSR count). The summed E-state index contributed by atoms with van der Waals surface area (Å²) in [5.74, 6) is 0.366. The van der Waals surface area contributed by atoms with Crippen LogP contribution in [0.15, 0.2) is 127 Å². The van der Waals surface area contributed by atoms with Crippen LogP contribution in [0.5, 0.6) is 0 Å². The van der Waals surface area contributed by atoms with Crippen LogP contribution in [-0.2, 0) is 63.4 Å². The van der Waals surface area contributed by atoms with E-state index >= 15 is 0 Å². The molecule has 0 fully saturated rings. The summed E-state index contributed by atoms with van der Waals surface area (Å²) in [4.78, 5) is 21.8. The van der Waals surface area contributed by atoms with E-state index in [0.29, 0.717) is 0 Å². The number of fused-ring (bicyclic) bond motifs is 10. The molecule has 461 valence electrons. The molecule has 1 radical (unpaired) electrons. The van der Waals surface area contributed by atoms with Crippen molar-refractivity contribution in [2.24, 2.45) is 33.0 Å². The third kappa shape index (κ3) is 13.6. The summed E-state index contributed by atoms with van der Waals surface area (Å²) >= 11 is 0. The summed E-state index contributed by atoms with van der Waals surface area (Å²) in [5, 5.41) is 25.9. The number of hydrogen-bond donors (Lipinski definition) is 1. The maximum Gasteiger partial charge on any atom is 0.162 e. The molecule has 0 aliphatic heterocycles. The van der Waals surface area contributed by atoms with Crippen LogP contribution in [0.3, 0.4) is 0 Å². The van der Waals surface area contributed by atoms with Gasteiger partial charge in [-0.1, -0.05) is 224 Å². The van der Waals surface area contributed by atoms with Gasteiger partial charge >= 0.3 is 0 Å². The Bertz CT molecular complexity index is 4310. The average Bonchev–Trinajstić information content (AvgIpc) is 1.04. The van der Waals surface area contributed by atoms with Gasteiger partial charge in [0.25, 0.3) is 0 Å². The standard InChI is InChI=1S/C35H36N.C34H34N.C14H26O2.Ir/c1-21-11-12-25-23(15-21)16-30-29(31(25)20-35(5,6)7)18-24-17-28-22(19-34(2,3)4)9-8-10-26(28)27-13-14-36-33(30)32(24)27;1-33(2,3)19-22-11-9-13-25-26-14-15-35-32-29-16-21-10-7-8-12-24(21)30(20-34(4,5)6)28(29)18-23(31(26)32)17-27(22)25;1-6-11(7-2)12(15)10-13(16)14(5,8-3)9-4;/h8-15,17H,18-20H2,1-7H3;7-15,17H,18-20H2,1-6H3;10-11,16H,6-9H2,1-5H3;/q2*-1;;/b;;13-10-;. The quantitative estimate of drug-likeness (QED) is 0.0607. The van der Waals surface area contributed by atoms with Gasteiger partial charge in [-0.05, 0) is 170 Å². The molecule has 2 heterocycles. The van der Waals surface area contributed by atoms with Gasteiger partial charge in [-0.3, -0.25) is 14.8 Å². The first kappa shape index (κ1) is 65.9. The van der Waals surface area contributed by atoms with Crippen molar-refractivity contribution in [2.45, 2.75) is 189 Å². The topological polar surface area (TPSA) is 63.1 Å². The van der Waals surface area contributed by atoms with Crippen LogP contribution in [0.25, 0.3) is 87.1 Å². The third-order valence-corrected chi connectivity index (χ3v) is 18.7. The monoisotopic (exact) mass is 1350 g/mol. The maximum absolute atomic E-state index is 11.9. The van der Waals surface area contributed by atoms with E-state index in [1.54, 1.807) is 0 Å². The number of aryl methyl sites for hydroxylation is 1. The number of aliphatic hydroxyl groups is 1. The van der Waals surface area contributed by atoms with E-state index in [4.69, 9.17) is 9.97 Å². The Kier molecular flexibility index (Phi) is 19.0. The van der Waals surface area contributed by atoms with Crippen LogP contribution >= 0.6 is 0 Å². The van der Waals surface area contributed by atoms with Crippen LogP contribution < -0.4 is 0 Å². The molecule has 0 saturated heterocycles. The van der Waals surface area contributed by atoms with Crippen LogP contribution in [-0.4, -0.2) is 20.9 Å². The number of pyridine rings is 2. The number of carbonyl (C=O) groups is 1. The predicted molar refractivity (Wildman–Crippen MR) is 374 cm³/mol. The van der Waals surface area contributed by atoms with Gasteiger partial charge < -0.3 is 5.11 Å². The van der Waals surface area contributed by atoms with Crippen molar-refractivity contribution in [1.29, 1.82) is 0 Å².